The summed E-state index contributed by atoms with van der Waals surface area (Å²) in [6.45, 7) is 1.71. The highest BCUT2D eigenvalue weighted by Gasteiger charge is 2.17. The first-order valence-electron chi connectivity index (χ1n) is 6.80. The van der Waals surface area contributed by atoms with Gasteiger partial charge >= 0.3 is 0 Å². The number of nitrogens with zero attached hydrogens (tertiary/aromatic N) is 3. The van der Waals surface area contributed by atoms with E-state index in [1.807, 2.05) is 12.1 Å². The van der Waals surface area contributed by atoms with Gasteiger partial charge in [0, 0.05) is 10.2 Å². The molecular weight excluding hydrogens is 363 g/mol. The van der Waals surface area contributed by atoms with Crippen molar-refractivity contribution in [3.63, 3.8) is 0 Å². The van der Waals surface area contributed by atoms with Gasteiger partial charge in [-0.2, -0.15) is 0 Å². The fraction of sp³-hybridized carbons (Fsp3) is 0.0625. The molecule has 1 amide bonds. The lowest BCUT2D eigenvalue weighted by molar-refractivity contribution is 0.102. The molecule has 1 N–H and O–H groups in total. The molecule has 0 aliphatic heterocycles. The van der Waals surface area contributed by atoms with E-state index in [1.165, 1.54) is 16.8 Å². The van der Waals surface area contributed by atoms with E-state index >= 15 is 0 Å². The second-order valence-electron chi connectivity index (χ2n) is 4.88. The van der Waals surface area contributed by atoms with Crippen molar-refractivity contribution >= 4 is 27.5 Å². The molecule has 0 bridgehead atoms. The number of carbonyl (C=O) groups is 1. The molecule has 0 radical (unpaired) electrons. The van der Waals surface area contributed by atoms with E-state index in [-0.39, 0.29) is 17.4 Å². The van der Waals surface area contributed by atoms with Crippen LogP contribution in [0.25, 0.3) is 5.69 Å². The maximum atomic E-state index is 13.3. The zero-order valence-corrected chi connectivity index (χ0v) is 13.7. The Morgan fingerprint density at radius 3 is 2.65 bits per heavy atom. The number of aromatic nitrogens is 3. The highest BCUT2D eigenvalue weighted by molar-refractivity contribution is 9.10. The number of nitrogens with one attached hydrogen (secondary N) is 1. The Kier molecular flexibility index (Phi) is 4.20. The lowest BCUT2D eigenvalue weighted by Crippen LogP contribution is -2.14. The molecule has 3 aromatic rings. The van der Waals surface area contributed by atoms with E-state index in [9.17, 15) is 9.18 Å². The largest absolute Gasteiger partial charge is 0.321 e. The molecule has 1 aromatic heterocycles. The molecule has 0 unspecified atom stereocenters. The van der Waals surface area contributed by atoms with Crippen LogP contribution < -0.4 is 5.32 Å². The number of hydrogen-bond donors (Lipinski definition) is 1. The summed E-state index contributed by atoms with van der Waals surface area (Å²) in [7, 11) is 0. The average molecular weight is 375 g/mol. The zero-order valence-electron chi connectivity index (χ0n) is 12.1. The third-order valence-electron chi connectivity index (χ3n) is 3.26. The molecule has 116 valence electrons. The lowest BCUT2D eigenvalue weighted by atomic mass is 10.2. The highest BCUT2D eigenvalue weighted by atomic mass is 79.9. The summed E-state index contributed by atoms with van der Waals surface area (Å²) in [6, 6.07) is 13.1. The summed E-state index contributed by atoms with van der Waals surface area (Å²) in [5.74, 6) is -0.745. The van der Waals surface area contributed by atoms with Crippen molar-refractivity contribution in [3.8, 4) is 5.69 Å². The van der Waals surface area contributed by atoms with Crippen LogP contribution in [0.15, 0.2) is 53.0 Å². The molecule has 0 saturated heterocycles. The van der Waals surface area contributed by atoms with Gasteiger partial charge in [0.05, 0.1) is 11.4 Å². The maximum Gasteiger partial charge on any atom is 0.278 e. The number of anilines is 1. The number of amides is 1. The van der Waals surface area contributed by atoms with Gasteiger partial charge in [0.2, 0.25) is 0 Å². The molecule has 7 heteroatoms. The van der Waals surface area contributed by atoms with Crippen LogP contribution in [-0.4, -0.2) is 20.9 Å². The van der Waals surface area contributed by atoms with Crippen LogP contribution in [0.1, 0.15) is 16.2 Å². The van der Waals surface area contributed by atoms with Gasteiger partial charge < -0.3 is 5.32 Å². The Labute approximate surface area is 140 Å². The van der Waals surface area contributed by atoms with Crippen molar-refractivity contribution in [1.29, 1.82) is 0 Å². The lowest BCUT2D eigenvalue weighted by Gasteiger charge is -2.05. The predicted molar refractivity (Wildman–Crippen MR) is 88.1 cm³/mol. The first-order chi connectivity index (χ1) is 11.0. The van der Waals surface area contributed by atoms with Crippen LogP contribution in [0.5, 0.6) is 0 Å². The van der Waals surface area contributed by atoms with E-state index < -0.39 is 0 Å². The van der Waals surface area contributed by atoms with Crippen molar-refractivity contribution in [2.45, 2.75) is 6.92 Å². The average Bonchev–Trinajstić information content (AvgIpc) is 2.91. The molecule has 23 heavy (non-hydrogen) atoms. The van der Waals surface area contributed by atoms with E-state index in [4.69, 9.17) is 0 Å². The minimum atomic E-state index is -0.377. The van der Waals surface area contributed by atoms with E-state index in [2.05, 4.69) is 31.6 Å². The standard InChI is InChI=1S/C16H12BrFN4O/c1-10-15(16(23)19-13-7-5-11(17)6-8-13)20-21-22(10)14-4-2-3-12(18)9-14/h2-9H,1H3,(H,19,23). The highest BCUT2D eigenvalue weighted by Crippen LogP contribution is 2.17. The van der Waals surface area contributed by atoms with Gasteiger partial charge in [0.15, 0.2) is 5.69 Å². The molecule has 0 atom stereocenters. The van der Waals surface area contributed by atoms with Crippen molar-refractivity contribution < 1.29 is 9.18 Å². The molecule has 1 heterocycles. The Morgan fingerprint density at radius 1 is 1.22 bits per heavy atom. The summed E-state index contributed by atoms with van der Waals surface area (Å²) >= 11 is 3.33. The van der Waals surface area contributed by atoms with Crippen molar-refractivity contribution in [3.05, 3.63) is 70.2 Å². The van der Waals surface area contributed by atoms with Crippen LogP contribution in [0.3, 0.4) is 0 Å². The Morgan fingerprint density at radius 2 is 1.96 bits per heavy atom. The quantitative estimate of drug-likeness (QED) is 0.759. The van der Waals surface area contributed by atoms with Crippen molar-refractivity contribution in [2.24, 2.45) is 0 Å². The van der Waals surface area contributed by atoms with Gasteiger partial charge in [-0.15, -0.1) is 5.10 Å². The number of hydrogen-bond acceptors (Lipinski definition) is 3. The van der Waals surface area contributed by atoms with Crippen molar-refractivity contribution in [1.82, 2.24) is 15.0 Å². The predicted octanol–water partition coefficient (Wildman–Crippen LogP) is 3.73. The zero-order chi connectivity index (χ0) is 16.4. The molecule has 0 aliphatic rings. The van der Waals surface area contributed by atoms with Gasteiger partial charge in [-0.25, -0.2) is 9.07 Å². The fourth-order valence-electron chi connectivity index (χ4n) is 2.12. The summed E-state index contributed by atoms with van der Waals surface area (Å²) < 4.78 is 15.7. The smallest absolute Gasteiger partial charge is 0.278 e. The van der Waals surface area contributed by atoms with Gasteiger partial charge in [0.1, 0.15) is 5.82 Å². The van der Waals surface area contributed by atoms with E-state index in [0.717, 1.165) is 4.47 Å². The molecule has 0 spiro atoms. The van der Waals surface area contributed by atoms with Gasteiger partial charge in [-0.1, -0.05) is 27.2 Å². The topological polar surface area (TPSA) is 59.8 Å². The molecule has 0 aliphatic carbocycles. The fourth-order valence-corrected chi connectivity index (χ4v) is 2.38. The van der Waals surface area contributed by atoms with Crippen LogP contribution in [0.2, 0.25) is 0 Å². The first kappa shape index (κ1) is 15.4. The summed E-state index contributed by atoms with van der Waals surface area (Å²) in [4.78, 5) is 12.3. The second-order valence-corrected chi connectivity index (χ2v) is 5.79. The number of carbonyl (C=O) groups excluding carboxylic acids is 1. The molecule has 3 rings (SSSR count). The Bertz CT molecular complexity index is 861. The Hall–Kier alpha value is -2.54. The van der Waals surface area contributed by atoms with Crippen LogP contribution in [0.4, 0.5) is 10.1 Å². The first-order valence-corrected chi connectivity index (χ1v) is 7.59. The van der Waals surface area contributed by atoms with Crippen LogP contribution >= 0.6 is 15.9 Å². The summed E-state index contributed by atoms with van der Waals surface area (Å²) in [5, 5.41) is 10.6. The Balaban J connectivity index is 1.86. The minimum absolute atomic E-state index is 0.192. The third kappa shape index (κ3) is 3.29. The number of benzene rings is 2. The minimum Gasteiger partial charge on any atom is -0.321 e. The molecule has 0 saturated carbocycles. The maximum absolute atomic E-state index is 13.3. The molecular formula is C16H12BrFN4O. The number of rotatable bonds is 3. The van der Waals surface area contributed by atoms with Gasteiger partial charge in [0.25, 0.3) is 5.91 Å². The normalized spacial score (nSPS) is 10.6. The second kappa shape index (κ2) is 6.29. The van der Waals surface area contributed by atoms with E-state index in [1.54, 1.807) is 31.2 Å². The summed E-state index contributed by atoms with van der Waals surface area (Å²) in [6.07, 6.45) is 0. The SMILES string of the molecule is Cc1c(C(=O)Nc2ccc(Br)cc2)nnn1-c1cccc(F)c1. The third-order valence-corrected chi connectivity index (χ3v) is 3.79. The molecule has 5 nitrogen and oxygen atoms in total. The molecule has 0 fully saturated rings. The van der Waals surface area contributed by atoms with Gasteiger partial charge in [-0.3, -0.25) is 4.79 Å². The molecule has 2 aromatic carbocycles. The van der Waals surface area contributed by atoms with Crippen LogP contribution in [-0.2, 0) is 0 Å². The van der Waals surface area contributed by atoms with Crippen LogP contribution in [0, 0.1) is 12.7 Å². The van der Waals surface area contributed by atoms with Gasteiger partial charge in [-0.05, 0) is 49.4 Å². The summed E-state index contributed by atoms with van der Waals surface area (Å²) in [5.41, 5.74) is 1.89. The van der Waals surface area contributed by atoms with E-state index in [0.29, 0.717) is 17.1 Å². The van der Waals surface area contributed by atoms with Crippen molar-refractivity contribution in [2.75, 3.05) is 5.32 Å². The number of halogens is 2. The monoisotopic (exact) mass is 374 g/mol.